The van der Waals surface area contributed by atoms with Crippen LogP contribution < -0.4 is 0 Å². The van der Waals surface area contributed by atoms with Gasteiger partial charge in [0.2, 0.25) is 0 Å². The summed E-state index contributed by atoms with van der Waals surface area (Å²) in [7, 11) is -0.870. The zero-order chi connectivity index (χ0) is 8.74. The van der Waals surface area contributed by atoms with Gasteiger partial charge in [0, 0.05) is 0 Å². The molecule has 0 nitrogen and oxygen atoms in total. The third kappa shape index (κ3) is 6.61. The summed E-state index contributed by atoms with van der Waals surface area (Å²) in [4.78, 5) is 0. The van der Waals surface area contributed by atoms with Crippen molar-refractivity contribution in [2.45, 2.75) is 58.7 Å². The molecule has 0 aliphatic carbocycles. The molecule has 0 rings (SSSR count). The van der Waals surface area contributed by atoms with Crippen molar-refractivity contribution in [2.24, 2.45) is 0 Å². The van der Waals surface area contributed by atoms with Gasteiger partial charge in [-0.3, -0.25) is 0 Å². The van der Waals surface area contributed by atoms with E-state index in [1.54, 1.807) is 0 Å². The normalized spacial score (nSPS) is 12.0. The maximum atomic E-state index is 2.61. The quantitative estimate of drug-likeness (QED) is 0.529. The van der Waals surface area contributed by atoms with E-state index in [2.05, 4.69) is 33.0 Å². The summed E-state index contributed by atoms with van der Waals surface area (Å²) in [6.45, 7) is 9.52. The third-order valence-electron chi connectivity index (χ3n) is 2.16. The van der Waals surface area contributed by atoms with E-state index in [9.17, 15) is 0 Å². The highest BCUT2D eigenvalue weighted by molar-refractivity contribution is 6.80. The van der Waals surface area contributed by atoms with Gasteiger partial charge in [-0.2, -0.15) is 0 Å². The average molecular weight is 171 g/mol. The van der Waals surface area contributed by atoms with E-state index in [0.29, 0.717) is 0 Å². The maximum Gasteiger partial charge on any atom is 0.0504 e. The van der Waals surface area contributed by atoms with Crippen LogP contribution >= 0.6 is 0 Å². The topological polar surface area (TPSA) is 0 Å². The SMILES string of the molecule is CCC[CH][Si](C)(C)CCCC. The van der Waals surface area contributed by atoms with E-state index in [-0.39, 0.29) is 0 Å². The Labute approximate surface area is 73.4 Å². The summed E-state index contributed by atoms with van der Waals surface area (Å²) in [6.07, 6.45) is 5.45. The molecular weight excluding hydrogens is 148 g/mol. The van der Waals surface area contributed by atoms with Gasteiger partial charge in [0.25, 0.3) is 0 Å². The van der Waals surface area contributed by atoms with Crippen LogP contribution in [0.4, 0.5) is 0 Å². The Kier molecular flexibility index (Phi) is 5.93. The molecule has 67 valence electrons. The molecule has 0 atom stereocenters. The predicted molar refractivity (Wildman–Crippen MR) is 56.4 cm³/mol. The molecule has 0 fully saturated rings. The molecule has 0 aliphatic heterocycles. The summed E-state index contributed by atoms with van der Waals surface area (Å²) in [5.41, 5.74) is 0. The fraction of sp³-hybridized carbons (Fsp3) is 0.900. The maximum absolute atomic E-state index is 2.61. The molecule has 0 aliphatic rings. The molecule has 0 amide bonds. The van der Waals surface area contributed by atoms with Gasteiger partial charge in [-0.15, -0.1) is 0 Å². The van der Waals surface area contributed by atoms with Crippen LogP contribution in [-0.2, 0) is 0 Å². The molecule has 0 spiro atoms. The Bertz CT molecular complexity index is 76.9. The van der Waals surface area contributed by atoms with E-state index < -0.39 is 8.07 Å². The van der Waals surface area contributed by atoms with Crippen molar-refractivity contribution >= 4 is 8.07 Å². The monoisotopic (exact) mass is 171 g/mol. The lowest BCUT2D eigenvalue weighted by atomic mass is 10.4. The van der Waals surface area contributed by atoms with Gasteiger partial charge in [0.1, 0.15) is 0 Å². The minimum absolute atomic E-state index is 0.870. The first kappa shape index (κ1) is 11.2. The Morgan fingerprint density at radius 1 is 1.09 bits per heavy atom. The zero-order valence-electron chi connectivity index (χ0n) is 8.61. The standard InChI is InChI=1S/C10H23Si/c1-5-7-9-11(3,4)10-8-6-2/h9H,5-8,10H2,1-4H3. The highest BCUT2D eigenvalue weighted by Crippen LogP contribution is 2.18. The average Bonchev–Trinajstić information content (AvgIpc) is 1.97. The first-order valence-electron chi connectivity index (χ1n) is 4.96. The van der Waals surface area contributed by atoms with Crippen LogP contribution in [0.3, 0.4) is 0 Å². The second kappa shape index (κ2) is 5.82. The van der Waals surface area contributed by atoms with Gasteiger partial charge in [0.15, 0.2) is 0 Å². The van der Waals surface area contributed by atoms with Crippen molar-refractivity contribution in [2.75, 3.05) is 0 Å². The Balaban J connectivity index is 3.43. The molecule has 0 aromatic heterocycles. The molecule has 0 heterocycles. The summed E-state index contributed by atoms with van der Waals surface area (Å²) in [6, 6.07) is 4.10. The third-order valence-corrected chi connectivity index (χ3v) is 5.20. The number of rotatable bonds is 6. The lowest BCUT2D eigenvalue weighted by Crippen LogP contribution is -2.26. The predicted octanol–water partition coefficient (Wildman–Crippen LogP) is 4.04. The smallest absolute Gasteiger partial charge is 0.0504 e. The lowest BCUT2D eigenvalue weighted by molar-refractivity contribution is 0.858. The Morgan fingerprint density at radius 2 is 1.73 bits per heavy atom. The lowest BCUT2D eigenvalue weighted by Gasteiger charge is -2.21. The van der Waals surface area contributed by atoms with Crippen LogP contribution in [0.25, 0.3) is 0 Å². The van der Waals surface area contributed by atoms with Gasteiger partial charge in [-0.05, 0) is 6.04 Å². The molecule has 0 aromatic rings. The van der Waals surface area contributed by atoms with Gasteiger partial charge in [-0.25, -0.2) is 0 Å². The van der Waals surface area contributed by atoms with E-state index in [4.69, 9.17) is 0 Å². The van der Waals surface area contributed by atoms with Gasteiger partial charge >= 0.3 is 0 Å². The minimum atomic E-state index is -0.870. The van der Waals surface area contributed by atoms with Crippen molar-refractivity contribution in [3.05, 3.63) is 6.04 Å². The summed E-state index contributed by atoms with van der Waals surface area (Å²) in [5, 5.41) is 0. The molecule has 0 bridgehead atoms. The van der Waals surface area contributed by atoms with Crippen LogP contribution in [0.15, 0.2) is 0 Å². The van der Waals surface area contributed by atoms with Gasteiger partial charge < -0.3 is 0 Å². The van der Waals surface area contributed by atoms with Crippen molar-refractivity contribution in [3.63, 3.8) is 0 Å². The van der Waals surface area contributed by atoms with Crippen molar-refractivity contribution in [1.29, 1.82) is 0 Å². The Morgan fingerprint density at radius 3 is 2.18 bits per heavy atom. The molecule has 11 heavy (non-hydrogen) atoms. The van der Waals surface area contributed by atoms with Crippen molar-refractivity contribution in [3.8, 4) is 0 Å². The molecule has 0 unspecified atom stereocenters. The molecule has 1 heteroatoms. The van der Waals surface area contributed by atoms with Crippen molar-refractivity contribution in [1.82, 2.24) is 0 Å². The second-order valence-corrected chi connectivity index (χ2v) is 8.97. The van der Waals surface area contributed by atoms with Gasteiger partial charge in [0.05, 0.1) is 8.07 Å². The summed E-state index contributed by atoms with van der Waals surface area (Å²) < 4.78 is 0. The van der Waals surface area contributed by atoms with Crippen molar-refractivity contribution < 1.29 is 0 Å². The number of hydrogen-bond donors (Lipinski definition) is 0. The van der Waals surface area contributed by atoms with E-state index >= 15 is 0 Å². The van der Waals surface area contributed by atoms with Crippen LogP contribution in [0.2, 0.25) is 19.1 Å². The fourth-order valence-electron chi connectivity index (χ4n) is 1.27. The highest BCUT2D eigenvalue weighted by Gasteiger charge is 2.18. The van der Waals surface area contributed by atoms with E-state index in [1.165, 1.54) is 31.7 Å². The second-order valence-electron chi connectivity index (χ2n) is 4.08. The molecule has 0 N–H and O–H groups in total. The van der Waals surface area contributed by atoms with E-state index in [1.807, 2.05) is 0 Å². The van der Waals surface area contributed by atoms with Gasteiger partial charge in [-0.1, -0.05) is 58.7 Å². The van der Waals surface area contributed by atoms with Crippen LogP contribution in [0, 0.1) is 6.04 Å². The van der Waals surface area contributed by atoms with E-state index in [0.717, 1.165) is 0 Å². The van der Waals surface area contributed by atoms with Crippen LogP contribution in [0.5, 0.6) is 0 Å². The molecule has 0 saturated heterocycles. The molecule has 0 saturated carbocycles. The largest absolute Gasteiger partial charge is 0.0691 e. The van der Waals surface area contributed by atoms with Crippen LogP contribution in [-0.4, -0.2) is 8.07 Å². The Hall–Kier alpha value is 0.217. The zero-order valence-corrected chi connectivity index (χ0v) is 9.61. The fourth-order valence-corrected chi connectivity index (χ4v) is 3.81. The number of unbranched alkanes of at least 4 members (excludes halogenated alkanes) is 2. The molecular formula is C10H23Si. The molecule has 0 aromatic carbocycles. The highest BCUT2D eigenvalue weighted by atomic mass is 28.3. The first-order chi connectivity index (χ1) is 5.12. The summed E-state index contributed by atoms with van der Waals surface area (Å²) in [5.74, 6) is 0. The summed E-state index contributed by atoms with van der Waals surface area (Å²) >= 11 is 0. The minimum Gasteiger partial charge on any atom is -0.0691 e. The first-order valence-corrected chi connectivity index (χ1v) is 8.25. The van der Waals surface area contributed by atoms with Crippen LogP contribution in [0.1, 0.15) is 39.5 Å². The molecule has 1 radical (unpaired) electrons. The number of hydrogen-bond acceptors (Lipinski definition) is 0.